The molecule has 0 unspecified atom stereocenters. The number of carbonyl (C=O) groups is 1. The first kappa shape index (κ1) is 16.6. The average molecular weight is 376 g/mol. The minimum Gasteiger partial charge on any atom is -0.384 e. The second kappa shape index (κ2) is 6.17. The Balaban J connectivity index is 1.76. The third-order valence-electron chi connectivity index (χ3n) is 4.71. The second-order valence-electron chi connectivity index (χ2n) is 6.56. The van der Waals surface area contributed by atoms with Crippen molar-refractivity contribution in [2.24, 2.45) is 0 Å². The molecule has 2 aromatic rings. The molecule has 0 radical (unpaired) electrons. The number of carbonyl (C=O) groups excluding carboxylic acids is 1. The topological polar surface area (TPSA) is 127 Å². The zero-order valence-corrected chi connectivity index (χ0v) is 14.6. The van der Waals surface area contributed by atoms with Crippen LogP contribution in [-0.2, 0) is 0 Å². The number of aromatic nitrogens is 3. The number of hydrogen-bond acceptors (Lipinski definition) is 7. The van der Waals surface area contributed by atoms with Gasteiger partial charge in [0, 0.05) is 6.07 Å². The molecule has 1 amide bonds. The van der Waals surface area contributed by atoms with Crippen LogP contribution in [0.5, 0.6) is 0 Å². The van der Waals surface area contributed by atoms with Crippen molar-refractivity contribution in [2.45, 2.75) is 37.8 Å². The molecule has 10 heteroatoms. The number of hydrogen-bond donors (Lipinski definition) is 4. The number of pyridine rings is 1. The Kier molecular flexibility index (Phi) is 3.95. The van der Waals surface area contributed by atoms with Crippen LogP contribution >= 0.6 is 11.6 Å². The summed E-state index contributed by atoms with van der Waals surface area (Å²) in [6.07, 6.45) is 5.85. The van der Waals surface area contributed by atoms with Crippen molar-refractivity contribution < 1.29 is 4.79 Å². The van der Waals surface area contributed by atoms with Crippen molar-refractivity contribution in [1.29, 1.82) is 0 Å². The molecule has 26 heavy (non-hydrogen) atoms. The smallest absolute Gasteiger partial charge is 0.293 e. The van der Waals surface area contributed by atoms with Gasteiger partial charge in [-0.3, -0.25) is 15.0 Å². The van der Waals surface area contributed by atoms with Crippen molar-refractivity contribution >= 4 is 34.8 Å². The summed E-state index contributed by atoms with van der Waals surface area (Å²) in [5, 5.41) is 6.03. The number of halogens is 1. The fourth-order valence-corrected chi connectivity index (χ4v) is 3.76. The molecule has 136 valence electrons. The molecule has 9 nitrogen and oxygen atoms in total. The zero-order valence-electron chi connectivity index (χ0n) is 13.9. The highest BCUT2D eigenvalue weighted by atomic mass is 35.5. The molecule has 1 saturated carbocycles. The van der Waals surface area contributed by atoms with E-state index in [0.29, 0.717) is 5.82 Å². The van der Waals surface area contributed by atoms with Crippen LogP contribution in [-0.4, -0.2) is 26.2 Å². The SMILES string of the molecule is Nc1cc(Nc2cc(Cl)c3n(c2=O)NC2(CCCCC2)NC3=O)ncn1. The molecule has 0 aromatic carbocycles. The van der Waals surface area contributed by atoms with Gasteiger partial charge < -0.3 is 16.4 Å². The summed E-state index contributed by atoms with van der Waals surface area (Å²) in [6.45, 7) is 0. The third kappa shape index (κ3) is 2.84. The summed E-state index contributed by atoms with van der Waals surface area (Å²) >= 11 is 6.28. The number of nitrogens with zero attached hydrogens (tertiary/aromatic N) is 3. The van der Waals surface area contributed by atoms with Crippen LogP contribution in [0.3, 0.4) is 0 Å². The van der Waals surface area contributed by atoms with E-state index in [0.717, 1.165) is 32.1 Å². The highest BCUT2D eigenvalue weighted by Gasteiger charge is 2.40. The highest BCUT2D eigenvalue weighted by Crippen LogP contribution is 2.31. The van der Waals surface area contributed by atoms with E-state index < -0.39 is 11.2 Å². The number of rotatable bonds is 2. The van der Waals surface area contributed by atoms with Crippen molar-refractivity contribution in [3.05, 3.63) is 39.5 Å². The summed E-state index contributed by atoms with van der Waals surface area (Å²) < 4.78 is 1.24. The van der Waals surface area contributed by atoms with Gasteiger partial charge in [-0.25, -0.2) is 14.6 Å². The summed E-state index contributed by atoms with van der Waals surface area (Å²) in [5.74, 6) is 0.273. The van der Waals surface area contributed by atoms with E-state index in [4.69, 9.17) is 17.3 Å². The Bertz CT molecular complexity index is 937. The van der Waals surface area contributed by atoms with Crippen LogP contribution in [0.2, 0.25) is 5.02 Å². The fourth-order valence-electron chi connectivity index (χ4n) is 3.48. The maximum Gasteiger partial charge on any atom is 0.293 e. The second-order valence-corrected chi connectivity index (χ2v) is 6.96. The van der Waals surface area contributed by atoms with E-state index >= 15 is 0 Å². The molecule has 3 heterocycles. The van der Waals surface area contributed by atoms with Gasteiger partial charge in [-0.1, -0.05) is 18.0 Å². The Hall–Kier alpha value is -2.81. The number of anilines is 3. The molecule has 2 aromatic heterocycles. The van der Waals surface area contributed by atoms with Crippen LogP contribution in [0.4, 0.5) is 17.3 Å². The Morgan fingerprint density at radius 2 is 1.96 bits per heavy atom. The third-order valence-corrected chi connectivity index (χ3v) is 4.99. The zero-order chi connectivity index (χ0) is 18.3. The minimum absolute atomic E-state index is 0.0978. The summed E-state index contributed by atoms with van der Waals surface area (Å²) in [6, 6.07) is 2.91. The monoisotopic (exact) mass is 375 g/mol. The summed E-state index contributed by atoms with van der Waals surface area (Å²) in [4.78, 5) is 33.4. The standard InChI is InChI=1S/C16H18ClN7O2/c17-9-6-10(21-12-7-11(18)19-8-20-12)15(26)24-13(9)14(25)22-16(23-24)4-2-1-3-5-16/h6-8,23H,1-5H2,(H,22,25)(H3,18,19,20,21). The average Bonchev–Trinajstić information content (AvgIpc) is 2.59. The summed E-state index contributed by atoms with van der Waals surface area (Å²) in [7, 11) is 0. The molecule has 1 spiro atoms. The highest BCUT2D eigenvalue weighted by molar-refractivity contribution is 6.34. The Labute approximate surface area is 153 Å². The number of nitrogens with one attached hydrogen (secondary N) is 3. The van der Waals surface area contributed by atoms with E-state index in [1.54, 1.807) is 0 Å². The molecule has 4 rings (SSSR count). The molecule has 5 N–H and O–H groups in total. The predicted octanol–water partition coefficient (Wildman–Crippen LogP) is 1.56. The van der Waals surface area contributed by atoms with Crippen LogP contribution in [0, 0.1) is 0 Å². The van der Waals surface area contributed by atoms with Crippen molar-refractivity contribution in [2.75, 3.05) is 16.5 Å². The minimum atomic E-state index is -0.618. The van der Waals surface area contributed by atoms with Gasteiger partial charge in [0.25, 0.3) is 11.5 Å². The predicted molar refractivity (Wildman–Crippen MR) is 98.1 cm³/mol. The molecule has 1 aliphatic carbocycles. The normalized spacial score (nSPS) is 18.0. The molecule has 1 aliphatic heterocycles. The lowest BCUT2D eigenvalue weighted by Gasteiger charge is -2.43. The number of fused-ring (bicyclic) bond motifs is 1. The van der Waals surface area contributed by atoms with Crippen molar-refractivity contribution in [1.82, 2.24) is 20.0 Å². The molecule has 1 fully saturated rings. The number of nitrogen functional groups attached to an aromatic ring is 1. The largest absolute Gasteiger partial charge is 0.384 e. The van der Waals surface area contributed by atoms with Crippen LogP contribution < -0.4 is 27.4 Å². The van der Waals surface area contributed by atoms with Gasteiger partial charge in [0.15, 0.2) is 0 Å². The Morgan fingerprint density at radius 3 is 2.69 bits per heavy atom. The van der Waals surface area contributed by atoms with Gasteiger partial charge in [0.05, 0.1) is 5.02 Å². The Morgan fingerprint density at radius 1 is 1.19 bits per heavy atom. The first-order valence-electron chi connectivity index (χ1n) is 8.38. The fraction of sp³-hybridized carbons (Fsp3) is 0.375. The van der Waals surface area contributed by atoms with Gasteiger partial charge in [0.1, 0.15) is 35.0 Å². The van der Waals surface area contributed by atoms with E-state index in [1.807, 2.05) is 0 Å². The number of amides is 1. The first-order chi connectivity index (χ1) is 12.5. The maximum absolute atomic E-state index is 13.0. The maximum atomic E-state index is 13.0. The lowest BCUT2D eigenvalue weighted by molar-refractivity contribution is 0.0834. The van der Waals surface area contributed by atoms with E-state index in [-0.39, 0.29) is 28.1 Å². The van der Waals surface area contributed by atoms with Crippen molar-refractivity contribution in [3.8, 4) is 0 Å². The molecule has 0 bridgehead atoms. The van der Waals surface area contributed by atoms with E-state index in [9.17, 15) is 9.59 Å². The lowest BCUT2D eigenvalue weighted by atomic mass is 9.88. The molecular weight excluding hydrogens is 358 g/mol. The molecular formula is C16H18ClN7O2. The van der Waals surface area contributed by atoms with Gasteiger partial charge in [-0.15, -0.1) is 0 Å². The van der Waals surface area contributed by atoms with Gasteiger partial charge in [-0.05, 0) is 31.7 Å². The van der Waals surface area contributed by atoms with Crippen molar-refractivity contribution in [3.63, 3.8) is 0 Å². The van der Waals surface area contributed by atoms with Gasteiger partial charge in [-0.2, -0.15) is 0 Å². The molecule has 2 aliphatic rings. The van der Waals surface area contributed by atoms with Crippen LogP contribution in [0.25, 0.3) is 0 Å². The lowest BCUT2D eigenvalue weighted by Crippen LogP contribution is -2.64. The quantitative estimate of drug-likeness (QED) is 0.627. The molecule has 0 atom stereocenters. The van der Waals surface area contributed by atoms with E-state index in [2.05, 4.69) is 26.0 Å². The van der Waals surface area contributed by atoms with Gasteiger partial charge in [0.2, 0.25) is 0 Å². The first-order valence-corrected chi connectivity index (χ1v) is 8.76. The van der Waals surface area contributed by atoms with E-state index in [1.165, 1.54) is 23.1 Å². The van der Waals surface area contributed by atoms with Crippen LogP contribution in [0.1, 0.15) is 42.6 Å². The number of nitrogens with two attached hydrogens (primary N) is 1. The molecule has 0 saturated heterocycles. The summed E-state index contributed by atoms with van der Waals surface area (Å²) in [5.41, 5.74) is 8.07. The van der Waals surface area contributed by atoms with Gasteiger partial charge >= 0.3 is 0 Å². The van der Waals surface area contributed by atoms with Crippen LogP contribution in [0.15, 0.2) is 23.3 Å².